The molecular formula is C36H64N6O5. The van der Waals surface area contributed by atoms with E-state index in [0.29, 0.717) is 17.6 Å². The lowest BCUT2D eigenvalue weighted by molar-refractivity contribution is -0.158. The number of imidazole rings is 1. The Labute approximate surface area is 283 Å². The van der Waals surface area contributed by atoms with Crippen LogP contribution in [-0.2, 0) is 30.5 Å². The highest BCUT2D eigenvalue weighted by molar-refractivity contribution is 5.75. The summed E-state index contributed by atoms with van der Waals surface area (Å²) in [5.74, 6) is -0.760. The molecule has 0 spiro atoms. The molecule has 0 aliphatic rings. The molecular weight excluding hydrogens is 596 g/mol. The Morgan fingerprint density at radius 3 is 1.81 bits per heavy atom. The van der Waals surface area contributed by atoms with Crippen LogP contribution in [0.2, 0.25) is 0 Å². The third-order valence-corrected chi connectivity index (χ3v) is 8.64. The van der Waals surface area contributed by atoms with E-state index in [-0.39, 0.29) is 37.8 Å². The first kappa shape index (κ1) is 40.4. The minimum absolute atomic E-state index is 0.0439. The maximum Gasteiger partial charge on any atom is 0.323 e. The number of rotatable bonds is 29. The van der Waals surface area contributed by atoms with Gasteiger partial charge < -0.3 is 25.7 Å². The van der Waals surface area contributed by atoms with Crippen LogP contribution in [0.3, 0.4) is 0 Å². The lowest BCUT2D eigenvalue weighted by atomic mass is 10.0. The molecule has 268 valence electrons. The Balaban J connectivity index is 1.54. The van der Waals surface area contributed by atoms with Gasteiger partial charge in [-0.15, -0.1) is 0 Å². The van der Waals surface area contributed by atoms with Gasteiger partial charge in [0.15, 0.2) is 5.65 Å². The summed E-state index contributed by atoms with van der Waals surface area (Å²) < 4.78 is 18.5. The molecule has 1 unspecified atom stereocenters. The maximum absolute atomic E-state index is 12.5. The number of nitrogens with zero attached hydrogens (tertiary/aromatic N) is 4. The smallest absolute Gasteiger partial charge is 0.323 e. The number of aromatic nitrogens is 4. The van der Waals surface area contributed by atoms with Crippen molar-refractivity contribution in [2.75, 3.05) is 18.9 Å². The summed E-state index contributed by atoms with van der Waals surface area (Å²) >= 11 is 0. The fourth-order valence-electron chi connectivity index (χ4n) is 5.44. The van der Waals surface area contributed by atoms with Gasteiger partial charge in [0.25, 0.3) is 0 Å². The number of carbonyl (C=O) groups is 2. The summed E-state index contributed by atoms with van der Waals surface area (Å²) in [6, 6.07) is -0.746. The van der Waals surface area contributed by atoms with Crippen LogP contribution in [0.1, 0.15) is 149 Å². The van der Waals surface area contributed by atoms with E-state index >= 15 is 0 Å². The monoisotopic (exact) mass is 660 g/mol. The van der Waals surface area contributed by atoms with E-state index in [4.69, 9.17) is 25.7 Å². The fraction of sp³-hybridized carbons (Fsp3) is 0.806. The van der Waals surface area contributed by atoms with Crippen molar-refractivity contribution in [3.05, 3.63) is 12.5 Å². The van der Waals surface area contributed by atoms with Crippen molar-refractivity contribution in [1.29, 1.82) is 0 Å². The molecule has 2 atom stereocenters. The molecule has 0 aliphatic carbocycles. The largest absolute Gasteiger partial charge is 0.463 e. The van der Waals surface area contributed by atoms with E-state index in [1.807, 2.05) is 13.8 Å². The third kappa shape index (κ3) is 18.4. The molecule has 2 heterocycles. The summed E-state index contributed by atoms with van der Waals surface area (Å²) in [5.41, 5.74) is 12.7. The van der Waals surface area contributed by atoms with Crippen molar-refractivity contribution in [2.45, 2.75) is 168 Å². The Hall–Kier alpha value is -2.79. The lowest BCUT2D eigenvalue weighted by Crippen LogP contribution is -2.39. The zero-order valence-electron chi connectivity index (χ0n) is 29.6. The van der Waals surface area contributed by atoms with Gasteiger partial charge in [-0.05, 0) is 12.3 Å². The van der Waals surface area contributed by atoms with E-state index in [2.05, 4.69) is 21.9 Å². The number of hydrogen-bond acceptors (Lipinski definition) is 10. The SMILES string of the molecule is CCCCCCCCCCCCCCCCCCCCCC(=O)OCC(COC(=O)[C@@H](N)C(C)C)OCn1cnc2cnc(N)nc21. The average Bonchev–Trinajstić information content (AvgIpc) is 3.46. The predicted molar refractivity (Wildman–Crippen MR) is 187 cm³/mol. The number of carbonyl (C=O) groups excluding carboxylic acids is 2. The second-order valence-electron chi connectivity index (χ2n) is 13.3. The molecule has 4 N–H and O–H groups in total. The molecule has 0 aliphatic heterocycles. The van der Waals surface area contributed by atoms with Gasteiger partial charge in [-0.1, -0.05) is 136 Å². The van der Waals surface area contributed by atoms with Crippen LogP contribution in [0.4, 0.5) is 5.95 Å². The summed E-state index contributed by atoms with van der Waals surface area (Å²) in [5, 5.41) is 0. The lowest BCUT2D eigenvalue weighted by Gasteiger charge is -2.20. The van der Waals surface area contributed by atoms with Crippen molar-refractivity contribution in [3.63, 3.8) is 0 Å². The molecule has 2 aromatic heterocycles. The number of unbranched alkanes of at least 4 members (excludes halogenated alkanes) is 18. The van der Waals surface area contributed by atoms with Crippen LogP contribution in [0.5, 0.6) is 0 Å². The topological polar surface area (TPSA) is 157 Å². The van der Waals surface area contributed by atoms with Crippen LogP contribution >= 0.6 is 0 Å². The molecule has 0 amide bonds. The number of esters is 2. The molecule has 11 nitrogen and oxygen atoms in total. The molecule has 0 fully saturated rings. The summed E-state index contributed by atoms with van der Waals surface area (Å²) in [6.07, 6.45) is 27.6. The molecule has 0 saturated heterocycles. The summed E-state index contributed by atoms with van der Waals surface area (Å²) in [4.78, 5) is 37.2. The molecule has 2 aromatic rings. The second-order valence-corrected chi connectivity index (χ2v) is 13.3. The number of nitrogen functional groups attached to an aromatic ring is 1. The Morgan fingerprint density at radius 1 is 0.766 bits per heavy atom. The minimum atomic E-state index is -0.746. The summed E-state index contributed by atoms with van der Waals surface area (Å²) in [7, 11) is 0. The van der Waals surface area contributed by atoms with Crippen molar-refractivity contribution >= 4 is 29.1 Å². The molecule has 0 bridgehead atoms. The first-order valence-corrected chi connectivity index (χ1v) is 18.4. The molecule has 2 rings (SSSR count). The van der Waals surface area contributed by atoms with Crippen molar-refractivity contribution in [3.8, 4) is 0 Å². The number of hydrogen-bond donors (Lipinski definition) is 2. The van der Waals surface area contributed by atoms with Crippen LogP contribution in [0.15, 0.2) is 12.5 Å². The molecule has 0 radical (unpaired) electrons. The third-order valence-electron chi connectivity index (χ3n) is 8.64. The second kappa shape index (κ2) is 25.3. The first-order valence-electron chi connectivity index (χ1n) is 18.4. The van der Waals surface area contributed by atoms with Gasteiger partial charge in [0.1, 0.15) is 37.6 Å². The Kier molecular flexibility index (Phi) is 21.7. The highest BCUT2D eigenvalue weighted by Crippen LogP contribution is 2.16. The van der Waals surface area contributed by atoms with Gasteiger partial charge in [-0.25, -0.2) is 9.97 Å². The van der Waals surface area contributed by atoms with E-state index in [1.165, 1.54) is 109 Å². The summed E-state index contributed by atoms with van der Waals surface area (Å²) in [6.45, 7) is 5.86. The Bertz CT molecular complexity index is 1110. The van der Waals surface area contributed by atoms with Crippen LogP contribution < -0.4 is 11.5 Å². The van der Waals surface area contributed by atoms with Crippen LogP contribution in [-0.4, -0.2) is 56.8 Å². The van der Waals surface area contributed by atoms with E-state index in [0.717, 1.165) is 19.3 Å². The van der Waals surface area contributed by atoms with E-state index in [1.54, 1.807) is 10.9 Å². The van der Waals surface area contributed by atoms with Gasteiger partial charge in [0.2, 0.25) is 5.95 Å². The number of nitrogens with two attached hydrogens (primary N) is 2. The van der Waals surface area contributed by atoms with Crippen LogP contribution in [0.25, 0.3) is 11.2 Å². The minimum Gasteiger partial charge on any atom is -0.463 e. The number of ether oxygens (including phenoxy) is 3. The standard InChI is InChI=1S/C36H64N6O5/c1-4-5-6-7-8-9-10-11-12-13-14-15-16-17-18-19-20-21-22-23-32(43)45-25-30(26-46-35(44)33(37)29(2)3)47-28-42-27-40-31-24-39-36(38)41-34(31)42/h24,27,29-30,33H,4-23,25-26,28,37H2,1-3H3,(H2,38,39,41)/t30?,33-/m0/s1. The number of fused-ring (bicyclic) bond motifs is 1. The van der Waals surface area contributed by atoms with Crippen LogP contribution in [0, 0.1) is 5.92 Å². The molecule has 0 saturated carbocycles. The number of anilines is 1. The van der Waals surface area contributed by atoms with Gasteiger partial charge in [0, 0.05) is 6.42 Å². The maximum atomic E-state index is 12.5. The zero-order valence-corrected chi connectivity index (χ0v) is 29.6. The normalized spacial score (nSPS) is 12.9. The van der Waals surface area contributed by atoms with Crippen molar-refractivity contribution in [2.24, 2.45) is 11.7 Å². The van der Waals surface area contributed by atoms with Crippen molar-refractivity contribution in [1.82, 2.24) is 19.5 Å². The molecule has 11 heteroatoms. The molecule has 0 aromatic carbocycles. The quantitative estimate of drug-likeness (QED) is 0.0656. The van der Waals surface area contributed by atoms with Gasteiger partial charge >= 0.3 is 11.9 Å². The first-order chi connectivity index (χ1) is 22.8. The van der Waals surface area contributed by atoms with Crippen molar-refractivity contribution < 1.29 is 23.8 Å². The predicted octanol–water partition coefficient (Wildman–Crippen LogP) is 7.64. The highest BCUT2D eigenvalue weighted by atomic mass is 16.6. The Morgan fingerprint density at radius 2 is 1.28 bits per heavy atom. The molecule has 47 heavy (non-hydrogen) atoms. The van der Waals surface area contributed by atoms with Gasteiger partial charge in [-0.2, -0.15) is 4.98 Å². The zero-order chi connectivity index (χ0) is 34.1. The average molecular weight is 661 g/mol. The highest BCUT2D eigenvalue weighted by Gasteiger charge is 2.22. The van der Waals surface area contributed by atoms with Gasteiger partial charge in [0.05, 0.1) is 12.5 Å². The van der Waals surface area contributed by atoms with E-state index < -0.39 is 18.1 Å². The fourth-order valence-corrected chi connectivity index (χ4v) is 5.44. The van der Waals surface area contributed by atoms with Gasteiger partial charge in [-0.3, -0.25) is 14.2 Å². The van der Waals surface area contributed by atoms with E-state index in [9.17, 15) is 9.59 Å².